The van der Waals surface area contributed by atoms with E-state index in [9.17, 15) is 22.8 Å². The smallest absolute Gasteiger partial charge is 0.358 e. The first-order chi connectivity index (χ1) is 22.2. The maximum absolute atomic E-state index is 12.2. The summed E-state index contributed by atoms with van der Waals surface area (Å²) >= 11 is 3.19. The largest absolute Gasteiger partial charge is 0.369 e. The number of hydrogen-bond donors (Lipinski definition) is 1. The van der Waals surface area contributed by atoms with Gasteiger partial charge in [-0.3, -0.25) is 14.1 Å². The predicted molar refractivity (Wildman–Crippen MR) is 180 cm³/mol. The van der Waals surface area contributed by atoms with E-state index in [1.165, 1.54) is 5.56 Å². The number of amides is 2. The summed E-state index contributed by atoms with van der Waals surface area (Å²) in [5.41, 5.74) is 6.50. The molecule has 3 aromatic carbocycles. The van der Waals surface area contributed by atoms with Crippen LogP contribution in [0, 0.1) is 0 Å². The highest BCUT2D eigenvalue weighted by Crippen LogP contribution is 2.50. The second-order valence-corrected chi connectivity index (χ2v) is 14.6. The summed E-state index contributed by atoms with van der Waals surface area (Å²) in [6.07, 6.45) is 0.960. The van der Waals surface area contributed by atoms with Crippen molar-refractivity contribution in [2.75, 3.05) is 35.4 Å². The first-order valence-corrected chi connectivity index (χ1v) is 18.4. The average Bonchev–Trinajstić information content (AvgIpc) is 3.35. The molecule has 1 fully saturated rings. The number of nitrogens with zero attached hydrogens (tertiary/aromatic N) is 2. The molecule has 2 aliphatic heterocycles. The van der Waals surface area contributed by atoms with Gasteiger partial charge in [-0.05, 0) is 36.3 Å². The van der Waals surface area contributed by atoms with E-state index in [1.54, 1.807) is 23.5 Å². The molecular weight excluding hydrogens is 649 g/mol. The molecule has 242 valence electrons. The Morgan fingerprint density at radius 3 is 2.02 bits per heavy atom. The van der Waals surface area contributed by atoms with Gasteiger partial charge in [0, 0.05) is 57.5 Å². The highest BCUT2D eigenvalue weighted by atomic mass is 32.2. The number of fused-ring (bicyclic) bond motifs is 2. The van der Waals surface area contributed by atoms with E-state index in [2.05, 4.69) is 41.3 Å². The molecule has 13 heteroatoms. The Morgan fingerprint density at radius 1 is 0.804 bits per heavy atom. The second-order valence-electron chi connectivity index (χ2n) is 10.6. The van der Waals surface area contributed by atoms with Crippen molar-refractivity contribution in [1.82, 2.24) is 5.06 Å². The quantitative estimate of drug-likeness (QED) is 0.118. The van der Waals surface area contributed by atoms with Gasteiger partial charge in [0.25, 0.3) is 21.9 Å². The minimum absolute atomic E-state index is 0.0187. The lowest BCUT2D eigenvalue weighted by molar-refractivity contribution is -0.200. The van der Waals surface area contributed by atoms with Crippen LogP contribution in [-0.4, -0.2) is 66.3 Å². The molecule has 0 unspecified atom stereocenters. The molecule has 3 aromatic rings. The summed E-state index contributed by atoms with van der Waals surface area (Å²) in [6.45, 7) is 0.476. The number of anilines is 2. The van der Waals surface area contributed by atoms with E-state index < -0.39 is 34.5 Å². The third kappa shape index (κ3) is 8.80. The molecule has 2 heterocycles. The minimum atomic E-state index is -4.03. The van der Waals surface area contributed by atoms with Crippen molar-refractivity contribution in [2.24, 2.45) is 0 Å². The molecule has 2 aliphatic rings. The molecule has 0 atom stereocenters. The van der Waals surface area contributed by atoms with Gasteiger partial charge in [0.2, 0.25) is 0 Å². The van der Waals surface area contributed by atoms with Crippen molar-refractivity contribution in [1.29, 1.82) is 0 Å². The topological polar surface area (TPSA) is 131 Å². The summed E-state index contributed by atoms with van der Waals surface area (Å²) in [6, 6.07) is 26.8. The Bertz CT molecular complexity index is 1650. The van der Waals surface area contributed by atoms with Crippen molar-refractivity contribution in [3.8, 4) is 0 Å². The fourth-order valence-corrected chi connectivity index (χ4v) is 8.20. The van der Waals surface area contributed by atoms with Crippen molar-refractivity contribution in [3.63, 3.8) is 0 Å². The molecule has 5 rings (SSSR count). The number of hydroxylamine groups is 2. The molecule has 0 spiro atoms. The highest BCUT2D eigenvalue weighted by Gasteiger charge is 2.33. The number of benzene rings is 3. The summed E-state index contributed by atoms with van der Waals surface area (Å²) in [5.74, 6) is -1.09. The molecule has 10 nitrogen and oxygen atoms in total. The fourth-order valence-electron chi connectivity index (χ4n) is 5.14. The fraction of sp³-hybridized carbons (Fsp3) is 0.303. The summed E-state index contributed by atoms with van der Waals surface area (Å²) in [5, 5.41) is 0.501. The molecule has 0 saturated carbocycles. The van der Waals surface area contributed by atoms with Crippen molar-refractivity contribution < 1.29 is 36.9 Å². The van der Waals surface area contributed by atoms with Gasteiger partial charge in [0.15, 0.2) is 0 Å². The van der Waals surface area contributed by atoms with Crippen molar-refractivity contribution in [2.45, 2.75) is 32.2 Å². The van der Waals surface area contributed by atoms with Crippen molar-refractivity contribution >= 4 is 68.4 Å². The zero-order valence-electron chi connectivity index (χ0n) is 25.0. The van der Waals surface area contributed by atoms with Crippen LogP contribution in [-0.2, 0) is 40.6 Å². The number of carbonyl (C=O) groups excluding carboxylic acids is 3. The Kier molecular flexibility index (Phi) is 11.6. The van der Waals surface area contributed by atoms with Crippen LogP contribution in [0.1, 0.15) is 42.4 Å². The standard InChI is InChI=1S/C33H34N2O8S3/c36-29-16-17-30(37)35(29)43-31(38)23-42-18-20-45-33(44-19-8-9-21-46(39,40)41)32-25-12-4-6-14-27(25)34(22-24-10-2-1-3-11-24)28-15-7-5-13-26(28)32/h1-7,10-15H,8-9,16-23H2,(H,39,40,41). The van der Waals surface area contributed by atoms with Crippen LogP contribution < -0.4 is 4.90 Å². The van der Waals surface area contributed by atoms with Crippen LogP contribution in [0.5, 0.6) is 0 Å². The zero-order valence-corrected chi connectivity index (χ0v) is 27.5. The average molecular weight is 683 g/mol. The van der Waals surface area contributed by atoms with Gasteiger partial charge >= 0.3 is 5.97 Å². The van der Waals surface area contributed by atoms with Crippen LogP contribution in [0.2, 0.25) is 0 Å². The normalized spacial score (nSPS) is 14.3. The third-order valence-electron chi connectivity index (χ3n) is 7.23. The van der Waals surface area contributed by atoms with Gasteiger partial charge in [-0.15, -0.1) is 28.6 Å². The minimum Gasteiger partial charge on any atom is -0.369 e. The number of carbonyl (C=O) groups is 3. The zero-order chi connectivity index (χ0) is 32.5. The van der Waals surface area contributed by atoms with Crippen LogP contribution in [0.4, 0.5) is 11.4 Å². The van der Waals surface area contributed by atoms with Crippen LogP contribution in [0.3, 0.4) is 0 Å². The lowest BCUT2D eigenvalue weighted by atomic mass is 9.91. The van der Waals surface area contributed by atoms with Gasteiger partial charge in [0.1, 0.15) is 6.61 Å². The monoisotopic (exact) mass is 682 g/mol. The molecule has 0 aliphatic carbocycles. The Hall–Kier alpha value is -3.62. The van der Waals surface area contributed by atoms with Crippen LogP contribution >= 0.6 is 23.5 Å². The summed E-state index contributed by atoms with van der Waals surface area (Å²) < 4.78 is 38.2. The van der Waals surface area contributed by atoms with Crippen molar-refractivity contribution in [3.05, 3.63) is 99.8 Å². The molecule has 46 heavy (non-hydrogen) atoms. The first kappa shape index (κ1) is 33.7. The molecule has 2 amide bonds. The van der Waals surface area contributed by atoms with E-state index in [1.807, 2.05) is 42.5 Å². The van der Waals surface area contributed by atoms with E-state index in [0.29, 0.717) is 36.0 Å². The molecule has 0 aromatic heterocycles. The first-order valence-electron chi connectivity index (χ1n) is 14.8. The summed E-state index contributed by atoms with van der Waals surface area (Å²) in [4.78, 5) is 42.8. The number of rotatable bonds is 15. The molecule has 0 radical (unpaired) electrons. The van der Waals surface area contributed by atoms with Crippen LogP contribution in [0.25, 0.3) is 5.57 Å². The number of thioether (sulfide) groups is 2. The van der Waals surface area contributed by atoms with E-state index in [4.69, 9.17) is 14.1 Å². The maximum atomic E-state index is 12.2. The van der Waals surface area contributed by atoms with E-state index in [-0.39, 0.29) is 25.2 Å². The molecule has 1 saturated heterocycles. The maximum Gasteiger partial charge on any atom is 0.358 e. The van der Waals surface area contributed by atoms with E-state index >= 15 is 0 Å². The lowest BCUT2D eigenvalue weighted by Gasteiger charge is -2.35. The van der Waals surface area contributed by atoms with Gasteiger partial charge in [-0.1, -0.05) is 66.7 Å². The molecule has 0 bridgehead atoms. The van der Waals surface area contributed by atoms with Gasteiger partial charge in [0.05, 0.1) is 12.4 Å². The number of hydrogen-bond acceptors (Lipinski definition) is 10. The molecular formula is C33H34N2O8S3. The SMILES string of the molecule is O=C(COCCSC(SCCCCS(=O)(=O)O)=C1c2ccccc2N(Cc2ccccc2)c2ccccc21)ON1C(=O)CCC1=O. The number of unbranched alkanes of at least 4 members (excludes halogenated alkanes) is 1. The van der Waals surface area contributed by atoms with Gasteiger partial charge < -0.3 is 14.5 Å². The predicted octanol–water partition coefficient (Wildman–Crippen LogP) is 5.81. The number of para-hydroxylation sites is 2. The second kappa shape index (κ2) is 15.8. The summed E-state index contributed by atoms with van der Waals surface area (Å²) in [7, 11) is -4.03. The Morgan fingerprint density at radius 2 is 1.39 bits per heavy atom. The third-order valence-corrected chi connectivity index (χ3v) is 10.5. The van der Waals surface area contributed by atoms with Gasteiger partial charge in [-0.25, -0.2) is 4.79 Å². The van der Waals surface area contributed by atoms with Crippen LogP contribution in [0.15, 0.2) is 83.1 Å². The lowest BCUT2D eigenvalue weighted by Crippen LogP contribution is -2.33. The highest BCUT2D eigenvalue weighted by molar-refractivity contribution is 8.22. The number of ether oxygens (including phenoxy) is 1. The van der Waals surface area contributed by atoms with Gasteiger partial charge in [-0.2, -0.15) is 8.42 Å². The Balaban J connectivity index is 1.36. The number of imide groups is 1. The Labute approximate surface area is 276 Å². The van der Waals surface area contributed by atoms with E-state index in [0.717, 1.165) is 32.3 Å². The molecule has 1 N–H and O–H groups in total.